The largest absolute Gasteiger partial charge is 0.489 e. The SMILES string of the molecule is NC(=O)[C@@H](Cc1ccc(OCc2ccccc2)cc1)NC(=O)Cc1ccc(F)c(F)c1. The van der Waals surface area contributed by atoms with Crippen molar-refractivity contribution in [2.75, 3.05) is 0 Å². The van der Waals surface area contributed by atoms with Crippen molar-refractivity contribution in [2.24, 2.45) is 5.73 Å². The molecule has 5 nitrogen and oxygen atoms in total. The van der Waals surface area contributed by atoms with Gasteiger partial charge in [-0.05, 0) is 41.0 Å². The van der Waals surface area contributed by atoms with Crippen molar-refractivity contribution >= 4 is 11.8 Å². The summed E-state index contributed by atoms with van der Waals surface area (Å²) < 4.78 is 32.0. The highest BCUT2D eigenvalue weighted by molar-refractivity contribution is 5.87. The van der Waals surface area contributed by atoms with Crippen molar-refractivity contribution in [1.82, 2.24) is 5.32 Å². The third-order valence-corrected chi connectivity index (χ3v) is 4.64. The van der Waals surface area contributed by atoms with Crippen molar-refractivity contribution < 1.29 is 23.1 Å². The van der Waals surface area contributed by atoms with Crippen LogP contribution in [0, 0.1) is 11.6 Å². The number of nitrogens with two attached hydrogens (primary N) is 1. The maximum absolute atomic E-state index is 13.3. The van der Waals surface area contributed by atoms with Crippen LogP contribution in [-0.2, 0) is 29.0 Å². The lowest BCUT2D eigenvalue weighted by Gasteiger charge is -2.16. The van der Waals surface area contributed by atoms with Crippen LogP contribution in [0.25, 0.3) is 0 Å². The Balaban J connectivity index is 1.55. The molecule has 0 fully saturated rings. The van der Waals surface area contributed by atoms with E-state index in [2.05, 4.69) is 5.32 Å². The predicted molar refractivity (Wildman–Crippen MR) is 112 cm³/mol. The third-order valence-electron chi connectivity index (χ3n) is 4.64. The lowest BCUT2D eigenvalue weighted by atomic mass is 10.0. The van der Waals surface area contributed by atoms with Crippen LogP contribution in [0.1, 0.15) is 16.7 Å². The van der Waals surface area contributed by atoms with Gasteiger partial charge in [0, 0.05) is 6.42 Å². The minimum Gasteiger partial charge on any atom is -0.489 e. The van der Waals surface area contributed by atoms with E-state index in [-0.39, 0.29) is 12.8 Å². The average Bonchev–Trinajstić information content (AvgIpc) is 2.76. The summed E-state index contributed by atoms with van der Waals surface area (Å²) >= 11 is 0. The normalized spacial score (nSPS) is 11.5. The van der Waals surface area contributed by atoms with E-state index in [0.717, 1.165) is 23.3 Å². The van der Waals surface area contributed by atoms with Crippen LogP contribution in [-0.4, -0.2) is 17.9 Å². The number of halogens is 2. The first-order valence-electron chi connectivity index (χ1n) is 9.69. The van der Waals surface area contributed by atoms with E-state index < -0.39 is 29.5 Å². The van der Waals surface area contributed by atoms with Crippen LogP contribution < -0.4 is 15.8 Å². The number of benzene rings is 3. The number of hydrogen-bond donors (Lipinski definition) is 2. The number of carbonyl (C=O) groups is 2. The first-order valence-corrected chi connectivity index (χ1v) is 9.69. The summed E-state index contributed by atoms with van der Waals surface area (Å²) in [6.45, 7) is 0.435. The standard InChI is InChI=1S/C24H22F2N2O3/c25-20-11-8-18(12-21(20)26)14-23(29)28-22(24(27)30)13-16-6-9-19(10-7-16)31-15-17-4-2-1-3-5-17/h1-12,22H,13-15H2,(H2,27,30)(H,28,29)/t22-/m1/s1. The monoisotopic (exact) mass is 424 g/mol. The van der Waals surface area contributed by atoms with Gasteiger partial charge in [-0.1, -0.05) is 48.5 Å². The lowest BCUT2D eigenvalue weighted by molar-refractivity contribution is -0.127. The van der Waals surface area contributed by atoms with Gasteiger partial charge in [0.2, 0.25) is 11.8 Å². The molecule has 0 saturated heterocycles. The highest BCUT2D eigenvalue weighted by atomic mass is 19.2. The molecule has 3 rings (SSSR count). The summed E-state index contributed by atoms with van der Waals surface area (Å²) in [5.41, 5.74) is 7.54. The number of carbonyl (C=O) groups excluding carboxylic acids is 2. The second-order valence-electron chi connectivity index (χ2n) is 7.07. The smallest absolute Gasteiger partial charge is 0.240 e. The van der Waals surface area contributed by atoms with Gasteiger partial charge >= 0.3 is 0 Å². The lowest BCUT2D eigenvalue weighted by Crippen LogP contribution is -2.46. The molecule has 3 aromatic rings. The fourth-order valence-corrected chi connectivity index (χ4v) is 3.00. The number of amides is 2. The van der Waals surface area contributed by atoms with Gasteiger partial charge in [-0.3, -0.25) is 9.59 Å². The first-order chi connectivity index (χ1) is 14.9. The van der Waals surface area contributed by atoms with Crippen LogP contribution in [0.5, 0.6) is 5.75 Å². The molecule has 0 aliphatic rings. The Morgan fingerprint density at radius 1 is 0.871 bits per heavy atom. The molecule has 0 aromatic heterocycles. The van der Waals surface area contributed by atoms with Crippen LogP contribution >= 0.6 is 0 Å². The van der Waals surface area contributed by atoms with E-state index in [9.17, 15) is 18.4 Å². The molecule has 0 aliphatic heterocycles. The van der Waals surface area contributed by atoms with Crippen molar-refractivity contribution in [1.29, 1.82) is 0 Å². The molecule has 1 atom stereocenters. The van der Waals surface area contributed by atoms with Gasteiger partial charge in [0.05, 0.1) is 6.42 Å². The fourth-order valence-electron chi connectivity index (χ4n) is 3.00. The van der Waals surface area contributed by atoms with Gasteiger partial charge < -0.3 is 15.8 Å². The fraction of sp³-hybridized carbons (Fsp3) is 0.167. The van der Waals surface area contributed by atoms with Crippen molar-refractivity contribution in [3.8, 4) is 5.75 Å². The number of primary amides is 1. The summed E-state index contributed by atoms with van der Waals surface area (Å²) in [4.78, 5) is 24.0. The Kier molecular flexibility index (Phi) is 7.32. The summed E-state index contributed by atoms with van der Waals surface area (Å²) in [5.74, 6) is -2.56. The summed E-state index contributed by atoms with van der Waals surface area (Å²) in [6.07, 6.45) is -0.00887. The van der Waals surface area contributed by atoms with Crippen molar-refractivity contribution in [3.63, 3.8) is 0 Å². The zero-order valence-electron chi connectivity index (χ0n) is 16.7. The molecule has 3 N–H and O–H groups in total. The van der Waals surface area contributed by atoms with E-state index in [1.807, 2.05) is 30.3 Å². The Hall–Kier alpha value is -3.74. The van der Waals surface area contributed by atoms with Gasteiger partial charge in [0.25, 0.3) is 0 Å². The van der Waals surface area contributed by atoms with E-state index in [0.29, 0.717) is 17.9 Å². The van der Waals surface area contributed by atoms with Crippen molar-refractivity contribution in [3.05, 3.63) is 101 Å². The summed E-state index contributed by atoms with van der Waals surface area (Å²) in [7, 11) is 0. The molecule has 31 heavy (non-hydrogen) atoms. The zero-order chi connectivity index (χ0) is 22.2. The molecule has 0 bridgehead atoms. The predicted octanol–water partition coefficient (Wildman–Crippen LogP) is 3.30. The van der Waals surface area contributed by atoms with E-state index in [4.69, 9.17) is 10.5 Å². The van der Waals surface area contributed by atoms with Gasteiger partial charge in [-0.25, -0.2) is 8.78 Å². The van der Waals surface area contributed by atoms with Crippen LogP contribution in [0.15, 0.2) is 72.8 Å². The zero-order valence-corrected chi connectivity index (χ0v) is 16.7. The molecular weight excluding hydrogens is 402 g/mol. The Morgan fingerprint density at radius 2 is 1.55 bits per heavy atom. The molecule has 0 unspecified atom stereocenters. The quantitative estimate of drug-likeness (QED) is 0.553. The van der Waals surface area contributed by atoms with Gasteiger partial charge in [0.15, 0.2) is 11.6 Å². The second kappa shape index (κ2) is 10.3. The molecule has 0 heterocycles. The highest BCUT2D eigenvalue weighted by Crippen LogP contribution is 2.16. The van der Waals surface area contributed by atoms with E-state index in [1.165, 1.54) is 6.07 Å². The van der Waals surface area contributed by atoms with Crippen molar-refractivity contribution in [2.45, 2.75) is 25.5 Å². The minimum absolute atomic E-state index is 0.192. The van der Waals surface area contributed by atoms with Gasteiger partial charge in [-0.15, -0.1) is 0 Å². The molecule has 160 valence electrons. The minimum atomic E-state index is -1.04. The average molecular weight is 424 g/mol. The second-order valence-corrected chi connectivity index (χ2v) is 7.07. The molecule has 2 amide bonds. The van der Waals surface area contributed by atoms with Gasteiger partial charge in [0.1, 0.15) is 18.4 Å². The van der Waals surface area contributed by atoms with Crippen LogP contribution in [0.3, 0.4) is 0 Å². The molecule has 0 saturated carbocycles. The number of ether oxygens (including phenoxy) is 1. The molecule has 0 radical (unpaired) electrons. The van der Waals surface area contributed by atoms with E-state index in [1.54, 1.807) is 24.3 Å². The number of nitrogens with one attached hydrogen (secondary N) is 1. The Bertz CT molecular complexity index is 1040. The van der Waals surface area contributed by atoms with E-state index >= 15 is 0 Å². The number of rotatable bonds is 9. The Labute approximate surface area is 178 Å². The molecule has 0 spiro atoms. The topological polar surface area (TPSA) is 81.4 Å². The summed E-state index contributed by atoms with van der Waals surface area (Å²) in [5, 5.41) is 2.55. The maximum Gasteiger partial charge on any atom is 0.240 e. The number of hydrogen-bond acceptors (Lipinski definition) is 3. The first kappa shape index (κ1) is 22.0. The maximum atomic E-state index is 13.3. The molecule has 7 heteroatoms. The van der Waals surface area contributed by atoms with Crippen LogP contribution in [0.4, 0.5) is 8.78 Å². The Morgan fingerprint density at radius 3 is 2.19 bits per heavy atom. The highest BCUT2D eigenvalue weighted by Gasteiger charge is 2.19. The third kappa shape index (κ3) is 6.64. The molecule has 3 aromatic carbocycles. The molecule has 0 aliphatic carbocycles. The molecular formula is C24H22F2N2O3. The summed E-state index contributed by atoms with van der Waals surface area (Å²) in [6, 6.07) is 19.1. The van der Waals surface area contributed by atoms with Crippen LogP contribution in [0.2, 0.25) is 0 Å². The van der Waals surface area contributed by atoms with Gasteiger partial charge in [-0.2, -0.15) is 0 Å².